The molecule has 0 aliphatic carbocycles. The van der Waals surface area contributed by atoms with Gasteiger partial charge in [-0.2, -0.15) is 0 Å². The molecule has 0 unspecified atom stereocenters. The Bertz CT molecular complexity index is 677. The zero-order valence-corrected chi connectivity index (χ0v) is 13.7. The van der Waals surface area contributed by atoms with Gasteiger partial charge in [0.25, 0.3) is 5.79 Å². The average Bonchev–Trinajstić information content (AvgIpc) is 2.57. The Morgan fingerprint density at radius 1 is 0.957 bits per heavy atom. The van der Waals surface area contributed by atoms with Gasteiger partial charge in [-0.3, -0.25) is 0 Å². The Morgan fingerprint density at radius 2 is 1.65 bits per heavy atom. The maximum absolute atomic E-state index is 12.2. The van der Waals surface area contributed by atoms with Crippen LogP contribution in [0.15, 0.2) is 48.5 Å². The normalized spacial score (nSPS) is 11.1. The molecule has 2 aromatic rings. The van der Waals surface area contributed by atoms with Crippen molar-refractivity contribution in [3.05, 3.63) is 59.7 Å². The number of carbonyl (C=O) groups excluding carboxylic acids is 1. The molecule has 0 radical (unpaired) electrons. The monoisotopic (exact) mass is 316 g/mol. The molecule has 5 nitrogen and oxygen atoms in total. The molecule has 23 heavy (non-hydrogen) atoms. The summed E-state index contributed by atoms with van der Waals surface area (Å²) >= 11 is 0. The Hall–Kier alpha value is -2.37. The summed E-state index contributed by atoms with van der Waals surface area (Å²) in [5.74, 6) is -1.24. The van der Waals surface area contributed by atoms with E-state index >= 15 is 0 Å². The highest BCUT2D eigenvalue weighted by atomic mass is 16.7. The standard InChI is InChI=1S/C18H20O5/c1-13-8-7-9-14(12-13)23-16-11-6-5-10-15(16)18(21-3,22-4)17(19)20-2/h5-12H,1-4H3. The maximum Gasteiger partial charge on any atom is 0.371 e. The number of hydrogen-bond acceptors (Lipinski definition) is 5. The van der Waals surface area contributed by atoms with E-state index in [1.54, 1.807) is 18.2 Å². The predicted octanol–water partition coefficient (Wildman–Crippen LogP) is 3.41. The topological polar surface area (TPSA) is 54.0 Å². The van der Waals surface area contributed by atoms with E-state index in [1.807, 2.05) is 37.3 Å². The predicted molar refractivity (Wildman–Crippen MR) is 85.4 cm³/mol. The molecular weight excluding hydrogens is 296 g/mol. The number of ether oxygens (including phenoxy) is 4. The first-order chi connectivity index (χ1) is 11.1. The maximum atomic E-state index is 12.2. The third-order valence-electron chi connectivity index (χ3n) is 3.49. The van der Waals surface area contributed by atoms with Crippen LogP contribution in [0.3, 0.4) is 0 Å². The fourth-order valence-corrected chi connectivity index (χ4v) is 2.35. The van der Waals surface area contributed by atoms with Gasteiger partial charge >= 0.3 is 5.97 Å². The number of esters is 1. The van der Waals surface area contributed by atoms with Crippen molar-refractivity contribution in [3.8, 4) is 11.5 Å². The van der Waals surface area contributed by atoms with Crippen molar-refractivity contribution in [2.24, 2.45) is 0 Å². The van der Waals surface area contributed by atoms with Crippen molar-refractivity contribution in [1.29, 1.82) is 0 Å². The second-order valence-corrected chi connectivity index (χ2v) is 4.93. The summed E-state index contributed by atoms with van der Waals surface area (Å²) in [6.07, 6.45) is 0. The van der Waals surface area contributed by atoms with Gasteiger partial charge in [0.15, 0.2) is 0 Å². The van der Waals surface area contributed by atoms with E-state index in [9.17, 15) is 4.79 Å². The van der Waals surface area contributed by atoms with Crippen molar-refractivity contribution in [3.63, 3.8) is 0 Å². The summed E-state index contributed by atoms with van der Waals surface area (Å²) in [6.45, 7) is 1.97. The van der Waals surface area contributed by atoms with Crippen LogP contribution in [0.2, 0.25) is 0 Å². The van der Waals surface area contributed by atoms with Gasteiger partial charge in [0, 0.05) is 14.2 Å². The van der Waals surface area contributed by atoms with Gasteiger partial charge in [-0.1, -0.05) is 24.3 Å². The highest BCUT2D eigenvalue weighted by Gasteiger charge is 2.45. The minimum Gasteiger partial charge on any atom is -0.465 e. The van der Waals surface area contributed by atoms with Crippen LogP contribution >= 0.6 is 0 Å². The molecule has 122 valence electrons. The molecule has 0 saturated heterocycles. The molecule has 0 saturated carbocycles. The molecule has 2 rings (SSSR count). The van der Waals surface area contributed by atoms with Crippen molar-refractivity contribution in [1.82, 2.24) is 0 Å². The summed E-state index contributed by atoms with van der Waals surface area (Å²) in [6, 6.07) is 14.6. The molecule has 5 heteroatoms. The fraction of sp³-hybridized carbons (Fsp3) is 0.278. The minimum absolute atomic E-state index is 0.429. The average molecular weight is 316 g/mol. The largest absolute Gasteiger partial charge is 0.465 e. The second kappa shape index (κ2) is 7.26. The van der Waals surface area contributed by atoms with Crippen molar-refractivity contribution >= 4 is 5.97 Å². The molecule has 0 bridgehead atoms. The highest BCUT2D eigenvalue weighted by molar-refractivity contribution is 5.80. The molecule has 0 aliphatic heterocycles. The smallest absolute Gasteiger partial charge is 0.371 e. The molecule has 0 aliphatic rings. The van der Waals surface area contributed by atoms with Crippen LogP contribution in [-0.2, 0) is 24.8 Å². The van der Waals surface area contributed by atoms with E-state index in [1.165, 1.54) is 21.3 Å². The number of benzene rings is 2. The van der Waals surface area contributed by atoms with E-state index < -0.39 is 11.8 Å². The van der Waals surface area contributed by atoms with Crippen LogP contribution in [0.5, 0.6) is 11.5 Å². The summed E-state index contributed by atoms with van der Waals surface area (Å²) in [5, 5.41) is 0. The van der Waals surface area contributed by atoms with Crippen LogP contribution in [0.25, 0.3) is 0 Å². The Kier molecular flexibility index (Phi) is 5.36. The van der Waals surface area contributed by atoms with Gasteiger partial charge in [0.1, 0.15) is 11.5 Å². The number of carbonyl (C=O) groups is 1. The van der Waals surface area contributed by atoms with Crippen LogP contribution in [0, 0.1) is 6.92 Å². The van der Waals surface area contributed by atoms with E-state index in [2.05, 4.69) is 0 Å². The SMILES string of the molecule is COC(=O)C(OC)(OC)c1ccccc1Oc1cccc(C)c1. The van der Waals surface area contributed by atoms with Crippen molar-refractivity contribution in [2.75, 3.05) is 21.3 Å². The molecule has 0 spiro atoms. The minimum atomic E-state index is -1.69. The number of aryl methyl sites for hydroxylation is 1. The van der Waals surface area contributed by atoms with Gasteiger partial charge in [0.05, 0.1) is 12.7 Å². The molecule has 0 amide bonds. The summed E-state index contributed by atoms with van der Waals surface area (Å²) in [7, 11) is 4.03. The quantitative estimate of drug-likeness (QED) is 0.604. The lowest BCUT2D eigenvalue weighted by atomic mass is 10.0. The molecule has 0 N–H and O–H groups in total. The molecular formula is C18H20O5. The first-order valence-corrected chi connectivity index (χ1v) is 7.10. The zero-order valence-electron chi connectivity index (χ0n) is 13.7. The lowest BCUT2D eigenvalue weighted by Crippen LogP contribution is -2.41. The lowest BCUT2D eigenvalue weighted by Gasteiger charge is -2.29. The van der Waals surface area contributed by atoms with Crippen molar-refractivity contribution < 1.29 is 23.7 Å². The van der Waals surface area contributed by atoms with Gasteiger partial charge in [-0.05, 0) is 36.8 Å². The van der Waals surface area contributed by atoms with Gasteiger partial charge in [0.2, 0.25) is 0 Å². The van der Waals surface area contributed by atoms with Crippen molar-refractivity contribution in [2.45, 2.75) is 12.7 Å². The first-order valence-electron chi connectivity index (χ1n) is 7.10. The molecule has 2 aromatic carbocycles. The van der Waals surface area contributed by atoms with Crippen LogP contribution in [-0.4, -0.2) is 27.3 Å². The summed E-state index contributed by atoms with van der Waals surface area (Å²) in [5.41, 5.74) is 1.50. The molecule has 0 heterocycles. The first kappa shape index (κ1) is 17.0. The van der Waals surface area contributed by atoms with Crippen LogP contribution < -0.4 is 4.74 Å². The Morgan fingerprint density at radius 3 is 2.26 bits per heavy atom. The zero-order chi connectivity index (χ0) is 16.9. The van der Waals surface area contributed by atoms with E-state index in [0.717, 1.165) is 5.56 Å². The molecule has 0 atom stereocenters. The lowest BCUT2D eigenvalue weighted by molar-refractivity contribution is -0.234. The fourth-order valence-electron chi connectivity index (χ4n) is 2.35. The van der Waals surface area contributed by atoms with Gasteiger partial charge in [-0.15, -0.1) is 0 Å². The number of rotatable bonds is 6. The number of hydrogen-bond donors (Lipinski definition) is 0. The van der Waals surface area contributed by atoms with E-state index in [-0.39, 0.29) is 0 Å². The summed E-state index contributed by atoms with van der Waals surface area (Å²) < 4.78 is 21.5. The van der Waals surface area contributed by atoms with Crippen LogP contribution in [0.4, 0.5) is 0 Å². The highest BCUT2D eigenvalue weighted by Crippen LogP contribution is 2.36. The number of methoxy groups -OCH3 is 3. The van der Waals surface area contributed by atoms with Gasteiger partial charge < -0.3 is 18.9 Å². The molecule has 0 aromatic heterocycles. The molecule has 0 fully saturated rings. The van der Waals surface area contributed by atoms with Crippen LogP contribution in [0.1, 0.15) is 11.1 Å². The second-order valence-electron chi connectivity index (χ2n) is 4.93. The Balaban J connectivity index is 2.49. The van der Waals surface area contributed by atoms with E-state index in [4.69, 9.17) is 18.9 Å². The number of para-hydroxylation sites is 1. The summed E-state index contributed by atoms with van der Waals surface area (Å²) in [4.78, 5) is 12.2. The van der Waals surface area contributed by atoms with Gasteiger partial charge in [-0.25, -0.2) is 4.79 Å². The third-order valence-corrected chi connectivity index (χ3v) is 3.49. The Labute approximate surface area is 135 Å². The third kappa shape index (κ3) is 3.36. The van der Waals surface area contributed by atoms with E-state index in [0.29, 0.717) is 17.1 Å².